The van der Waals surface area contributed by atoms with E-state index in [1.54, 1.807) is 0 Å². The number of aliphatic hydroxyl groups excluding tert-OH is 4. The van der Waals surface area contributed by atoms with Gasteiger partial charge in [0.1, 0.15) is 23.0 Å². The summed E-state index contributed by atoms with van der Waals surface area (Å²) in [5.74, 6) is 5.41. The predicted octanol–water partition coefficient (Wildman–Crippen LogP) is 14.1. The van der Waals surface area contributed by atoms with Gasteiger partial charge in [-0.15, -0.1) is 19.3 Å². The fraction of sp³-hybridized carbons (Fsp3) is 0.179. The molecule has 0 radical (unpaired) electrons. The summed E-state index contributed by atoms with van der Waals surface area (Å²) in [6.07, 6.45) is 32.6. The lowest BCUT2D eigenvalue weighted by Crippen LogP contribution is -2.15. The molecule has 4 nitrogen and oxygen atoms in total. The fourth-order valence-corrected chi connectivity index (χ4v) is 9.19. The van der Waals surface area contributed by atoms with E-state index in [4.69, 9.17) is 19.3 Å². The number of hydrogen-bond donors (Lipinski definition) is 4. The number of fused-ring (bicyclic) bond motifs is 1. The number of benzene rings is 4. The third kappa shape index (κ3) is 11.0. The second-order valence-electron chi connectivity index (χ2n) is 15.6. The molecular formula is C56H48I2O4. The van der Waals surface area contributed by atoms with Crippen molar-refractivity contribution in [2.75, 3.05) is 0 Å². The van der Waals surface area contributed by atoms with Crippen molar-refractivity contribution >= 4 is 45.2 Å². The molecule has 4 aromatic rings. The molecule has 5 atom stereocenters. The molecule has 0 saturated heterocycles. The van der Waals surface area contributed by atoms with Crippen molar-refractivity contribution in [2.24, 2.45) is 5.92 Å². The summed E-state index contributed by atoms with van der Waals surface area (Å²) in [5.41, 5.74) is 8.39. The van der Waals surface area contributed by atoms with Crippen molar-refractivity contribution in [3.05, 3.63) is 232 Å². The first-order chi connectivity index (χ1) is 29.9. The van der Waals surface area contributed by atoms with Gasteiger partial charge >= 0.3 is 0 Å². The highest BCUT2D eigenvalue weighted by molar-refractivity contribution is 14.1. The number of terminal acetylenes is 3. The summed E-state index contributed by atoms with van der Waals surface area (Å²) in [6, 6.07) is 32.7. The molecule has 0 aliphatic heterocycles. The standard InChI is InChI=1S/C56H48I2O4/c1-6-9-52(59)48-31-28-45(39-20-24-43(57)25-21-39)49(53(60)10-7-2)32-29-47(40-22-26-44(58)27-23-40)51-34-42(35-55(51)62)56(41-18-14-37(5)15-19-41)50(54(61)11-8-3)33-30-46(48)38-16-12-36(4)13-17-38/h1-3,9-27,31-35,42,45-47,56,59-62H,28-30H2,4-5H3/b48-31-,49-32-,50-33+,52-9+,53-10+,54-11+. The molecule has 0 saturated carbocycles. The Labute approximate surface area is 393 Å². The number of halogens is 2. The maximum atomic E-state index is 12.1. The zero-order chi connectivity index (χ0) is 44.3. The summed E-state index contributed by atoms with van der Waals surface area (Å²) < 4.78 is 2.12. The monoisotopic (exact) mass is 1040 g/mol. The van der Waals surface area contributed by atoms with Crippen LogP contribution in [0, 0.1) is 63.9 Å². The van der Waals surface area contributed by atoms with Crippen molar-refractivity contribution in [3.8, 4) is 37.0 Å². The lowest BCUT2D eigenvalue weighted by Gasteiger charge is -2.27. The first kappa shape index (κ1) is 45.7. The van der Waals surface area contributed by atoms with E-state index in [0.717, 1.165) is 46.1 Å². The molecule has 0 fully saturated rings. The molecule has 2 bridgehead atoms. The Morgan fingerprint density at radius 3 is 1.31 bits per heavy atom. The number of allylic oxidation sites excluding steroid dienone is 12. The summed E-state index contributed by atoms with van der Waals surface area (Å²) in [7, 11) is 0. The second-order valence-corrected chi connectivity index (χ2v) is 18.1. The Balaban J connectivity index is 1.71. The average molecular weight is 1040 g/mol. The Morgan fingerprint density at radius 2 is 0.871 bits per heavy atom. The summed E-state index contributed by atoms with van der Waals surface area (Å²) >= 11 is 4.56. The summed E-state index contributed by atoms with van der Waals surface area (Å²) in [4.78, 5) is 0. The lowest BCUT2D eigenvalue weighted by molar-refractivity contribution is 0.405. The van der Waals surface area contributed by atoms with Crippen molar-refractivity contribution in [1.29, 1.82) is 0 Å². The van der Waals surface area contributed by atoms with Gasteiger partial charge in [0, 0.05) is 55.0 Å². The third-order valence-electron chi connectivity index (χ3n) is 11.6. The van der Waals surface area contributed by atoms with E-state index in [0.29, 0.717) is 36.0 Å². The second kappa shape index (κ2) is 21.3. The number of hydrogen-bond acceptors (Lipinski definition) is 4. The lowest BCUT2D eigenvalue weighted by atomic mass is 9.77. The molecule has 310 valence electrons. The van der Waals surface area contributed by atoms with Gasteiger partial charge in [-0.1, -0.05) is 126 Å². The van der Waals surface area contributed by atoms with Gasteiger partial charge < -0.3 is 20.4 Å². The molecular weight excluding hydrogens is 990 g/mol. The van der Waals surface area contributed by atoms with Crippen LogP contribution >= 0.6 is 45.2 Å². The van der Waals surface area contributed by atoms with E-state index in [2.05, 4.69) is 81.2 Å². The topological polar surface area (TPSA) is 80.9 Å². The van der Waals surface area contributed by atoms with Crippen LogP contribution in [0.25, 0.3) is 0 Å². The first-order valence-electron chi connectivity index (χ1n) is 20.4. The van der Waals surface area contributed by atoms with E-state index < -0.39 is 23.7 Å². The van der Waals surface area contributed by atoms with Crippen molar-refractivity contribution < 1.29 is 20.4 Å². The van der Waals surface area contributed by atoms with Gasteiger partial charge in [0.05, 0.1) is 0 Å². The van der Waals surface area contributed by atoms with Crippen LogP contribution in [0.4, 0.5) is 0 Å². The molecule has 6 heteroatoms. The molecule has 0 spiro atoms. The molecule has 0 heterocycles. The van der Waals surface area contributed by atoms with E-state index >= 15 is 0 Å². The number of aliphatic hydroxyl groups is 4. The van der Waals surface area contributed by atoms with Crippen molar-refractivity contribution in [2.45, 2.75) is 56.8 Å². The largest absolute Gasteiger partial charge is 0.508 e. The third-order valence-corrected chi connectivity index (χ3v) is 13.0. The molecule has 0 amide bonds. The van der Waals surface area contributed by atoms with Crippen LogP contribution in [0.3, 0.4) is 0 Å². The van der Waals surface area contributed by atoms with Crippen molar-refractivity contribution in [1.82, 2.24) is 0 Å². The zero-order valence-electron chi connectivity index (χ0n) is 34.6. The Kier molecular flexibility index (Phi) is 15.7. The van der Waals surface area contributed by atoms with Crippen LogP contribution in [-0.2, 0) is 0 Å². The molecule has 4 aromatic carbocycles. The predicted molar refractivity (Wildman–Crippen MR) is 271 cm³/mol. The molecule has 2 aliphatic carbocycles. The zero-order valence-corrected chi connectivity index (χ0v) is 39.0. The van der Waals surface area contributed by atoms with E-state index in [1.165, 1.54) is 18.2 Å². The van der Waals surface area contributed by atoms with E-state index in [9.17, 15) is 20.4 Å². The van der Waals surface area contributed by atoms with E-state index in [1.807, 2.05) is 123 Å². The Bertz CT molecular complexity index is 2650. The molecule has 5 unspecified atom stereocenters. The summed E-state index contributed by atoms with van der Waals surface area (Å²) in [5, 5.41) is 47.8. The van der Waals surface area contributed by atoms with E-state index in [-0.39, 0.29) is 29.0 Å². The first-order valence-corrected chi connectivity index (χ1v) is 22.5. The molecule has 2 aliphatic rings. The maximum Gasteiger partial charge on any atom is 0.127 e. The highest BCUT2D eigenvalue weighted by Crippen LogP contribution is 2.47. The van der Waals surface area contributed by atoms with Crippen LogP contribution in [-0.4, -0.2) is 20.4 Å². The molecule has 62 heavy (non-hydrogen) atoms. The van der Waals surface area contributed by atoms with Gasteiger partial charge in [-0.2, -0.15) is 0 Å². The Morgan fingerprint density at radius 1 is 0.516 bits per heavy atom. The molecule has 0 aromatic heterocycles. The van der Waals surface area contributed by atoms with Crippen LogP contribution in [0.2, 0.25) is 0 Å². The van der Waals surface area contributed by atoms with Crippen LogP contribution < -0.4 is 0 Å². The van der Waals surface area contributed by atoms with Crippen molar-refractivity contribution in [3.63, 3.8) is 0 Å². The Hall–Kier alpha value is -5.86. The van der Waals surface area contributed by atoms with Gasteiger partial charge in [-0.05, 0) is 153 Å². The minimum absolute atomic E-state index is 0.0484. The minimum atomic E-state index is -0.481. The van der Waals surface area contributed by atoms with Gasteiger partial charge in [-0.25, -0.2) is 0 Å². The maximum absolute atomic E-state index is 12.1. The average Bonchev–Trinajstić information content (AvgIpc) is 3.63. The fourth-order valence-electron chi connectivity index (χ4n) is 8.47. The quantitative estimate of drug-likeness (QED) is 0.0845. The molecule has 6 rings (SSSR count). The summed E-state index contributed by atoms with van der Waals surface area (Å²) in [6.45, 7) is 4.05. The van der Waals surface area contributed by atoms with Gasteiger partial charge in [0.25, 0.3) is 0 Å². The van der Waals surface area contributed by atoms with Gasteiger partial charge in [0.15, 0.2) is 0 Å². The highest BCUT2D eigenvalue weighted by Gasteiger charge is 2.34. The highest BCUT2D eigenvalue weighted by atomic mass is 127. The van der Waals surface area contributed by atoms with Gasteiger partial charge in [-0.3, -0.25) is 0 Å². The number of aryl methyl sites for hydroxylation is 2. The smallest absolute Gasteiger partial charge is 0.127 e. The normalized spacial score (nSPS) is 24.0. The molecule has 4 N–H and O–H groups in total. The van der Waals surface area contributed by atoms with Crippen LogP contribution in [0.1, 0.15) is 76.3 Å². The SMILES string of the molecule is C#C/C=C(O)\C1=C/CC(c2ccc(I)cc2)C(/C(O)=C\C#C)=C/CC(c2ccc(I)cc2)C2=CC(C=C2O)C(c2ccc(C)cc2)C(/C(O)=C\C#C)=C/CC1c1ccc(C)cc1. The van der Waals surface area contributed by atoms with Crippen LogP contribution in [0.15, 0.2) is 191 Å². The number of rotatable bonds is 7. The minimum Gasteiger partial charge on any atom is -0.508 e. The van der Waals surface area contributed by atoms with Gasteiger partial charge in [0.2, 0.25) is 0 Å². The van der Waals surface area contributed by atoms with Crippen LogP contribution in [0.5, 0.6) is 0 Å².